The van der Waals surface area contributed by atoms with Crippen LogP contribution in [0.4, 0.5) is 0 Å². The number of amides is 1. The zero-order valence-electron chi connectivity index (χ0n) is 8.82. The van der Waals surface area contributed by atoms with Gasteiger partial charge in [-0.15, -0.1) is 0 Å². The average Bonchev–Trinajstić information content (AvgIpc) is 2.64. The molecule has 82 valence electrons. The molecule has 4 nitrogen and oxygen atoms in total. The Hall–Kier alpha value is -1.29. The maximum Gasteiger partial charge on any atom is 0.220 e. The van der Waals surface area contributed by atoms with E-state index in [1.807, 2.05) is 19.1 Å². The molecule has 1 aromatic rings. The highest BCUT2D eigenvalue weighted by atomic mass is 16.3. The van der Waals surface area contributed by atoms with Gasteiger partial charge < -0.3 is 15.1 Å². The van der Waals surface area contributed by atoms with Gasteiger partial charge in [0, 0.05) is 6.42 Å². The molecular weight excluding hydrogens is 192 g/mol. The minimum Gasteiger partial charge on any atom is -0.467 e. The van der Waals surface area contributed by atoms with Gasteiger partial charge in [0.05, 0.1) is 12.3 Å². The Kier molecular flexibility index (Phi) is 3.06. The van der Waals surface area contributed by atoms with Gasteiger partial charge in [-0.05, 0) is 38.1 Å². The largest absolute Gasteiger partial charge is 0.467 e. The average molecular weight is 208 g/mol. The van der Waals surface area contributed by atoms with E-state index in [1.165, 1.54) is 0 Å². The molecule has 1 aliphatic heterocycles. The number of rotatable bonds is 4. The zero-order chi connectivity index (χ0) is 10.7. The predicted octanol–water partition coefficient (Wildman–Crippen LogP) is 1.07. The third-order valence-corrected chi connectivity index (χ3v) is 2.69. The minimum atomic E-state index is -0.0412. The summed E-state index contributed by atoms with van der Waals surface area (Å²) in [5.74, 6) is 1.41. The summed E-state index contributed by atoms with van der Waals surface area (Å²) in [7, 11) is 0. The molecule has 1 fully saturated rings. The van der Waals surface area contributed by atoms with Crippen LogP contribution in [0.25, 0.3) is 0 Å². The van der Waals surface area contributed by atoms with Crippen molar-refractivity contribution < 1.29 is 9.21 Å². The normalized spacial score (nSPS) is 18.2. The Morgan fingerprint density at radius 1 is 1.73 bits per heavy atom. The lowest BCUT2D eigenvalue weighted by Gasteiger charge is -2.26. The van der Waals surface area contributed by atoms with E-state index in [9.17, 15) is 4.79 Å². The number of furan rings is 1. The van der Waals surface area contributed by atoms with Crippen molar-refractivity contribution in [3.05, 3.63) is 24.2 Å². The van der Waals surface area contributed by atoms with Gasteiger partial charge in [0.2, 0.25) is 5.91 Å². The van der Waals surface area contributed by atoms with Crippen molar-refractivity contribution in [2.75, 3.05) is 13.1 Å². The van der Waals surface area contributed by atoms with Crippen molar-refractivity contribution in [1.82, 2.24) is 10.6 Å². The van der Waals surface area contributed by atoms with Gasteiger partial charge in [-0.1, -0.05) is 0 Å². The fraction of sp³-hybridized carbons (Fsp3) is 0.545. The van der Waals surface area contributed by atoms with Gasteiger partial charge in [0.15, 0.2) is 0 Å². The number of carbonyl (C=O) groups is 1. The van der Waals surface area contributed by atoms with Crippen LogP contribution in [0, 0.1) is 5.92 Å². The Bertz CT molecular complexity index is 317. The molecule has 1 atom stereocenters. The third kappa shape index (κ3) is 2.59. The molecule has 1 amide bonds. The lowest BCUT2D eigenvalue weighted by molar-refractivity contribution is -0.123. The predicted molar refractivity (Wildman–Crippen MR) is 56.2 cm³/mol. The van der Waals surface area contributed by atoms with Crippen LogP contribution in [-0.4, -0.2) is 19.0 Å². The van der Waals surface area contributed by atoms with Crippen molar-refractivity contribution >= 4 is 5.91 Å². The molecule has 1 unspecified atom stereocenters. The lowest BCUT2D eigenvalue weighted by atomic mass is 9.99. The molecule has 0 bridgehead atoms. The van der Waals surface area contributed by atoms with Crippen LogP contribution >= 0.6 is 0 Å². The molecule has 0 spiro atoms. The Morgan fingerprint density at radius 2 is 2.53 bits per heavy atom. The van der Waals surface area contributed by atoms with Gasteiger partial charge in [-0.25, -0.2) is 0 Å². The number of hydrogen-bond donors (Lipinski definition) is 2. The quantitative estimate of drug-likeness (QED) is 0.778. The highest BCUT2D eigenvalue weighted by Crippen LogP contribution is 2.14. The highest BCUT2D eigenvalue weighted by molar-refractivity contribution is 5.76. The van der Waals surface area contributed by atoms with E-state index in [2.05, 4.69) is 10.6 Å². The van der Waals surface area contributed by atoms with E-state index in [0.717, 1.165) is 18.8 Å². The van der Waals surface area contributed by atoms with Gasteiger partial charge >= 0.3 is 0 Å². The molecule has 2 N–H and O–H groups in total. The lowest BCUT2D eigenvalue weighted by Crippen LogP contribution is -2.44. The molecular formula is C11H16N2O2. The summed E-state index contributed by atoms with van der Waals surface area (Å²) in [6.45, 7) is 3.85. The molecule has 1 aliphatic rings. The molecule has 2 rings (SSSR count). The summed E-state index contributed by atoms with van der Waals surface area (Å²) < 4.78 is 5.21. The van der Waals surface area contributed by atoms with Crippen LogP contribution < -0.4 is 10.6 Å². The smallest absolute Gasteiger partial charge is 0.220 e. The minimum absolute atomic E-state index is 0.0412. The van der Waals surface area contributed by atoms with Gasteiger partial charge in [-0.3, -0.25) is 4.79 Å². The molecule has 0 saturated carbocycles. The van der Waals surface area contributed by atoms with Crippen molar-refractivity contribution in [2.45, 2.75) is 19.4 Å². The topological polar surface area (TPSA) is 54.3 Å². The van der Waals surface area contributed by atoms with Crippen molar-refractivity contribution in [3.8, 4) is 0 Å². The van der Waals surface area contributed by atoms with Crippen molar-refractivity contribution in [3.63, 3.8) is 0 Å². The van der Waals surface area contributed by atoms with E-state index in [0.29, 0.717) is 12.3 Å². The fourth-order valence-electron chi connectivity index (χ4n) is 1.66. The molecule has 0 aliphatic carbocycles. The molecule has 0 radical (unpaired) electrons. The molecule has 0 aromatic carbocycles. The van der Waals surface area contributed by atoms with E-state index in [1.54, 1.807) is 6.26 Å². The molecule has 15 heavy (non-hydrogen) atoms. The zero-order valence-corrected chi connectivity index (χ0v) is 8.82. The summed E-state index contributed by atoms with van der Waals surface area (Å²) in [4.78, 5) is 11.6. The van der Waals surface area contributed by atoms with Gasteiger partial charge in [-0.2, -0.15) is 0 Å². The Labute approximate surface area is 89.0 Å². The van der Waals surface area contributed by atoms with Gasteiger partial charge in [0.25, 0.3) is 0 Å². The number of hydrogen-bond acceptors (Lipinski definition) is 3. The number of nitrogens with one attached hydrogen (secondary N) is 2. The first kappa shape index (κ1) is 10.2. The van der Waals surface area contributed by atoms with Crippen molar-refractivity contribution in [1.29, 1.82) is 0 Å². The van der Waals surface area contributed by atoms with Crippen LogP contribution in [-0.2, 0) is 4.79 Å². The second kappa shape index (κ2) is 4.49. The number of carbonyl (C=O) groups excluding carboxylic acids is 1. The Morgan fingerprint density at radius 3 is 3.07 bits per heavy atom. The summed E-state index contributed by atoms with van der Waals surface area (Å²) in [5, 5.41) is 6.07. The first-order valence-electron chi connectivity index (χ1n) is 5.29. The first-order chi connectivity index (χ1) is 7.25. The maximum absolute atomic E-state index is 11.6. The van der Waals surface area contributed by atoms with E-state index in [4.69, 9.17) is 4.42 Å². The van der Waals surface area contributed by atoms with Crippen molar-refractivity contribution in [2.24, 2.45) is 5.92 Å². The van der Waals surface area contributed by atoms with Crippen LogP contribution in [0.2, 0.25) is 0 Å². The van der Waals surface area contributed by atoms with Crippen LogP contribution in [0.1, 0.15) is 25.1 Å². The van der Waals surface area contributed by atoms with E-state index >= 15 is 0 Å². The standard InChI is InChI=1S/C11H16N2O2/c1-8(10-3-2-4-15-10)13-11(14)5-9-6-12-7-9/h2-4,8-9,12H,5-7H2,1H3,(H,13,14). The molecule has 1 saturated heterocycles. The second-order valence-electron chi connectivity index (χ2n) is 4.03. The summed E-state index contributed by atoms with van der Waals surface area (Å²) in [6, 6.07) is 3.66. The molecule has 2 heterocycles. The van der Waals surface area contributed by atoms with E-state index in [-0.39, 0.29) is 11.9 Å². The monoisotopic (exact) mass is 208 g/mol. The highest BCUT2D eigenvalue weighted by Gasteiger charge is 2.21. The van der Waals surface area contributed by atoms with Crippen LogP contribution in [0.5, 0.6) is 0 Å². The fourth-order valence-corrected chi connectivity index (χ4v) is 1.66. The van der Waals surface area contributed by atoms with Gasteiger partial charge in [0.1, 0.15) is 5.76 Å². The molecule has 1 aromatic heterocycles. The summed E-state index contributed by atoms with van der Waals surface area (Å²) in [5.41, 5.74) is 0. The van der Waals surface area contributed by atoms with Crippen LogP contribution in [0.3, 0.4) is 0 Å². The Balaban J connectivity index is 1.78. The second-order valence-corrected chi connectivity index (χ2v) is 4.03. The maximum atomic E-state index is 11.6. The molecule has 4 heteroatoms. The summed E-state index contributed by atoms with van der Waals surface area (Å²) >= 11 is 0. The summed E-state index contributed by atoms with van der Waals surface area (Å²) in [6.07, 6.45) is 2.23. The van der Waals surface area contributed by atoms with Crippen LogP contribution in [0.15, 0.2) is 22.8 Å². The van der Waals surface area contributed by atoms with E-state index < -0.39 is 0 Å². The first-order valence-corrected chi connectivity index (χ1v) is 5.29. The SMILES string of the molecule is CC(NC(=O)CC1CNC1)c1ccco1. The third-order valence-electron chi connectivity index (χ3n) is 2.69.